The van der Waals surface area contributed by atoms with Crippen LogP contribution < -0.4 is 0 Å². The maximum atomic E-state index is 8.88. The van der Waals surface area contributed by atoms with E-state index in [0.717, 1.165) is 0 Å². The van der Waals surface area contributed by atoms with Crippen LogP contribution in [0.25, 0.3) is 11.1 Å². The van der Waals surface area contributed by atoms with Crippen LogP contribution in [0.1, 0.15) is 25.3 Å². The van der Waals surface area contributed by atoms with Crippen LogP contribution in [0.4, 0.5) is 0 Å². The van der Waals surface area contributed by atoms with E-state index in [9.17, 15) is 0 Å². The molecule has 5 heteroatoms. The molecule has 0 saturated heterocycles. The van der Waals surface area contributed by atoms with Crippen molar-refractivity contribution in [3.8, 4) is 11.1 Å². The second-order valence-electron chi connectivity index (χ2n) is 4.64. The molecule has 0 spiro atoms. The zero-order valence-electron chi connectivity index (χ0n) is 12.0. The van der Waals surface area contributed by atoms with Crippen molar-refractivity contribution in [1.29, 1.82) is 0 Å². The van der Waals surface area contributed by atoms with E-state index in [4.69, 9.17) is 19.2 Å². The fraction of sp³-hybridized carbons (Fsp3) is 0.250. The first kappa shape index (κ1) is 17.6. The van der Waals surface area contributed by atoms with E-state index in [-0.39, 0.29) is 0 Å². The molecule has 0 amide bonds. The normalized spacial score (nSPS) is 10.7. The number of phosphoric acid groups is 1. The van der Waals surface area contributed by atoms with Crippen LogP contribution in [0.5, 0.6) is 0 Å². The summed E-state index contributed by atoms with van der Waals surface area (Å²) in [5, 5.41) is 0. The van der Waals surface area contributed by atoms with E-state index in [1.54, 1.807) is 0 Å². The van der Waals surface area contributed by atoms with Gasteiger partial charge in [0.1, 0.15) is 0 Å². The highest BCUT2D eigenvalue weighted by atomic mass is 31.2. The first-order valence-corrected chi connectivity index (χ1v) is 8.40. The Bertz CT molecular complexity index is 570. The molecule has 0 saturated carbocycles. The highest BCUT2D eigenvalue weighted by Crippen LogP contribution is 2.26. The van der Waals surface area contributed by atoms with Gasteiger partial charge in [-0.3, -0.25) is 0 Å². The molecular weight excluding hydrogens is 287 g/mol. The van der Waals surface area contributed by atoms with Crippen molar-refractivity contribution in [3.05, 3.63) is 60.2 Å². The van der Waals surface area contributed by atoms with Gasteiger partial charge in [0.2, 0.25) is 0 Å². The molecule has 0 aliphatic rings. The molecule has 0 radical (unpaired) electrons. The Labute approximate surface area is 125 Å². The topological polar surface area (TPSA) is 77.8 Å². The summed E-state index contributed by atoms with van der Waals surface area (Å²) < 4.78 is 8.88. The first-order valence-electron chi connectivity index (χ1n) is 6.83. The molecule has 2 aromatic carbocycles. The third-order valence-electron chi connectivity index (χ3n) is 2.90. The Balaban J connectivity index is 0.000000383. The van der Waals surface area contributed by atoms with Gasteiger partial charge in [0.25, 0.3) is 0 Å². The molecule has 3 N–H and O–H groups in total. The Morgan fingerprint density at radius 1 is 0.905 bits per heavy atom. The van der Waals surface area contributed by atoms with Gasteiger partial charge >= 0.3 is 7.82 Å². The van der Waals surface area contributed by atoms with Gasteiger partial charge in [-0.25, -0.2) is 4.57 Å². The van der Waals surface area contributed by atoms with Gasteiger partial charge < -0.3 is 14.7 Å². The summed E-state index contributed by atoms with van der Waals surface area (Å²) in [6, 6.07) is 19.4. The molecule has 2 aromatic rings. The molecular formula is C16H21O4P. The molecule has 114 valence electrons. The predicted molar refractivity (Wildman–Crippen MR) is 84.8 cm³/mol. The van der Waals surface area contributed by atoms with Crippen LogP contribution in [0, 0.1) is 0 Å². The van der Waals surface area contributed by atoms with Gasteiger partial charge in [-0.05, 0) is 29.5 Å². The molecule has 21 heavy (non-hydrogen) atoms. The molecule has 0 unspecified atom stereocenters. The Hall–Kier alpha value is -1.45. The standard InChI is InChI=1S/C16H18.H3O4P/c1-2-3-9-14-12-7-8-13-16(14)15-10-5-4-6-11-15;1-5(2,3)4/h4-8,10-13H,2-3,9H2,1H3;(H3,1,2,3,4). The molecule has 0 atom stereocenters. The third kappa shape index (κ3) is 7.78. The number of benzene rings is 2. The lowest BCUT2D eigenvalue weighted by atomic mass is 9.96. The minimum Gasteiger partial charge on any atom is -0.303 e. The highest BCUT2D eigenvalue weighted by Gasteiger charge is 2.02. The summed E-state index contributed by atoms with van der Waals surface area (Å²) in [5.74, 6) is 0. The zero-order chi connectivity index (χ0) is 15.7. The summed E-state index contributed by atoms with van der Waals surface area (Å²) in [6.45, 7) is 2.24. The van der Waals surface area contributed by atoms with E-state index in [2.05, 4.69) is 61.5 Å². The van der Waals surface area contributed by atoms with Crippen molar-refractivity contribution >= 4 is 7.82 Å². The SMILES string of the molecule is CCCCc1ccccc1-c1ccccc1.O=P(O)(O)O. The quantitative estimate of drug-likeness (QED) is 0.751. The maximum Gasteiger partial charge on any atom is 0.466 e. The Kier molecular flexibility index (Phi) is 7.34. The second kappa shape index (κ2) is 8.75. The molecule has 0 fully saturated rings. The predicted octanol–water partition coefficient (Wildman–Crippen LogP) is 3.77. The van der Waals surface area contributed by atoms with E-state index >= 15 is 0 Å². The fourth-order valence-electron chi connectivity index (χ4n) is 2.00. The number of hydrogen-bond acceptors (Lipinski definition) is 1. The van der Waals surface area contributed by atoms with Crippen LogP contribution in [-0.4, -0.2) is 14.7 Å². The van der Waals surface area contributed by atoms with E-state index < -0.39 is 7.82 Å². The van der Waals surface area contributed by atoms with Gasteiger partial charge in [-0.1, -0.05) is 67.9 Å². The zero-order valence-corrected chi connectivity index (χ0v) is 12.9. The third-order valence-corrected chi connectivity index (χ3v) is 2.90. The molecule has 0 aromatic heterocycles. The number of aryl methyl sites for hydroxylation is 1. The van der Waals surface area contributed by atoms with Crippen LogP contribution in [-0.2, 0) is 11.0 Å². The van der Waals surface area contributed by atoms with Crippen molar-refractivity contribution < 1.29 is 19.2 Å². The summed E-state index contributed by atoms with van der Waals surface area (Å²) in [4.78, 5) is 21.6. The van der Waals surface area contributed by atoms with Gasteiger partial charge in [0.15, 0.2) is 0 Å². The van der Waals surface area contributed by atoms with Gasteiger partial charge in [0.05, 0.1) is 0 Å². The van der Waals surface area contributed by atoms with Crippen molar-refractivity contribution in [2.45, 2.75) is 26.2 Å². The average Bonchev–Trinajstić information content (AvgIpc) is 2.45. The minimum atomic E-state index is -4.64. The van der Waals surface area contributed by atoms with Crippen LogP contribution in [0.2, 0.25) is 0 Å². The number of unbranched alkanes of at least 4 members (excludes halogenated alkanes) is 1. The lowest BCUT2D eigenvalue weighted by molar-refractivity contribution is 0.275. The minimum absolute atomic E-state index is 1.18. The number of rotatable bonds is 4. The molecule has 0 heterocycles. The van der Waals surface area contributed by atoms with Crippen molar-refractivity contribution in [1.82, 2.24) is 0 Å². The smallest absolute Gasteiger partial charge is 0.303 e. The molecule has 4 nitrogen and oxygen atoms in total. The van der Waals surface area contributed by atoms with E-state index in [1.165, 1.54) is 36.0 Å². The first-order chi connectivity index (χ1) is 9.92. The van der Waals surface area contributed by atoms with Crippen LogP contribution in [0.3, 0.4) is 0 Å². The lowest BCUT2D eigenvalue weighted by Gasteiger charge is -2.08. The fourth-order valence-corrected chi connectivity index (χ4v) is 2.00. The monoisotopic (exact) mass is 308 g/mol. The van der Waals surface area contributed by atoms with E-state index in [1.807, 2.05) is 0 Å². The lowest BCUT2D eigenvalue weighted by Crippen LogP contribution is -1.89. The van der Waals surface area contributed by atoms with Gasteiger partial charge in [-0.2, -0.15) is 0 Å². The average molecular weight is 308 g/mol. The summed E-state index contributed by atoms with van der Waals surface area (Å²) in [5.41, 5.74) is 4.18. The summed E-state index contributed by atoms with van der Waals surface area (Å²) in [7, 11) is -4.64. The Morgan fingerprint density at radius 3 is 2.00 bits per heavy atom. The van der Waals surface area contributed by atoms with Crippen molar-refractivity contribution in [2.24, 2.45) is 0 Å². The van der Waals surface area contributed by atoms with E-state index in [0.29, 0.717) is 0 Å². The maximum absolute atomic E-state index is 8.88. The molecule has 2 rings (SSSR count). The number of hydrogen-bond donors (Lipinski definition) is 3. The van der Waals surface area contributed by atoms with Crippen LogP contribution in [0.15, 0.2) is 54.6 Å². The van der Waals surface area contributed by atoms with Crippen molar-refractivity contribution in [2.75, 3.05) is 0 Å². The highest BCUT2D eigenvalue weighted by molar-refractivity contribution is 7.45. The molecule has 0 aliphatic carbocycles. The molecule has 0 bridgehead atoms. The second-order valence-corrected chi connectivity index (χ2v) is 5.67. The summed E-state index contributed by atoms with van der Waals surface area (Å²) >= 11 is 0. The molecule has 0 aliphatic heterocycles. The Morgan fingerprint density at radius 2 is 1.43 bits per heavy atom. The van der Waals surface area contributed by atoms with Gasteiger partial charge in [-0.15, -0.1) is 0 Å². The van der Waals surface area contributed by atoms with Crippen molar-refractivity contribution in [3.63, 3.8) is 0 Å². The van der Waals surface area contributed by atoms with Gasteiger partial charge in [0, 0.05) is 0 Å². The summed E-state index contributed by atoms with van der Waals surface area (Å²) in [6.07, 6.45) is 3.70. The van der Waals surface area contributed by atoms with Crippen LogP contribution >= 0.6 is 7.82 Å². The largest absolute Gasteiger partial charge is 0.466 e.